The number of hydrogen-bond acceptors (Lipinski definition) is 2. The van der Waals surface area contributed by atoms with Gasteiger partial charge in [0.05, 0.1) is 5.30 Å². The van der Waals surface area contributed by atoms with Crippen LogP contribution in [0, 0.1) is 0 Å². The fourth-order valence-corrected chi connectivity index (χ4v) is 2.37. The minimum Gasteiger partial charge on any atom is -0.372 e. The molecular formula is C10H14NO3P. The zero-order valence-corrected chi connectivity index (χ0v) is 9.23. The summed E-state index contributed by atoms with van der Waals surface area (Å²) < 4.78 is 10.9. The molecule has 4 nitrogen and oxygen atoms in total. The lowest BCUT2D eigenvalue weighted by Gasteiger charge is -2.17. The summed E-state index contributed by atoms with van der Waals surface area (Å²) in [6.45, 7) is 2.07. The van der Waals surface area contributed by atoms with Crippen molar-refractivity contribution in [3.05, 3.63) is 24.3 Å². The Kier molecular flexibility index (Phi) is 2.83. The van der Waals surface area contributed by atoms with Gasteiger partial charge in [0.15, 0.2) is 0 Å². The van der Waals surface area contributed by atoms with Gasteiger partial charge in [-0.25, -0.2) is 0 Å². The van der Waals surface area contributed by atoms with E-state index in [0.29, 0.717) is 0 Å². The van der Waals surface area contributed by atoms with E-state index < -0.39 is 7.60 Å². The van der Waals surface area contributed by atoms with Gasteiger partial charge in [-0.15, -0.1) is 0 Å². The molecule has 0 aliphatic carbocycles. The fourth-order valence-electron chi connectivity index (χ4n) is 1.83. The van der Waals surface area contributed by atoms with Crippen molar-refractivity contribution in [3.63, 3.8) is 0 Å². The molecular weight excluding hydrogens is 213 g/mol. The molecule has 1 aromatic carbocycles. The van der Waals surface area contributed by atoms with Crippen molar-refractivity contribution < 1.29 is 14.4 Å². The lowest BCUT2D eigenvalue weighted by molar-refractivity contribution is 0.387. The molecule has 0 saturated carbocycles. The first kappa shape index (κ1) is 10.7. The van der Waals surface area contributed by atoms with Crippen LogP contribution in [0.25, 0.3) is 0 Å². The van der Waals surface area contributed by atoms with Gasteiger partial charge >= 0.3 is 7.60 Å². The molecule has 0 bridgehead atoms. The largest absolute Gasteiger partial charge is 0.372 e. The molecule has 0 atom stereocenters. The summed E-state index contributed by atoms with van der Waals surface area (Å²) in [5.74, 6) is 0. The predicted molar refractivity (Wildman–Crippen MR) is 59.6 cm³/mol. The molecule has 1 aliphatic rings. The third kappa shape index (κ3) is 2.40. The molecule has 15 heavy (non-hydrogen) atoms. The van der Waals surface area contributed by atoms with Gasteiger partial charge in [0.1, 0.15) is 0 Å². The molecule has 1 fully saturated rings. The van der Waals surface area contributed by atoms with Crippen molar-refractivity contribution in [3.8, 4) is 0 Å². The standard InChI is InChI=1S/C10H14NO3P/c12-15(13,14)10-5-3-9(4-6-10)11-7-1-2-8-11/h3-6H,1-2,7-8H2,(H2,12,13,14). The van der Waals surface area contributed by atoms with Crippen LogP contribution < -0.4 is 10.2 Å². The summed E-state index contributed by atoms with van der Waals surface area (Å²) in [4.78, 5) is 20.1. The number of anilines is 1. The maximum atomic E-state index is 10.9. The van der Waals surface area contributed by atoms with Crippen molar-refractivity contribution >= 4 is 18.6 Å². The Balaban J connectivity index is 2.20. The maximum Gasteiger partial charge on any atom is 0.356 e. The van der Waals surface area contributed by atoms with E-state index in [-0.39, 0.29) is 5.30 Å². The zero-order valence-electron chi connectivity index (χ0n) is 8.33. The molecule has 0 amide bonds. The van der Waals surface area contributed by atoms with E-state index in [0.717, 1.165) is 18.8 Å². The first-order valence-corrected chi connectivity index (χ1v) is 6.60. The molecule has 1 saturated heterocycles. The second-order valence-corrected chi connectivity index (χ2v) is 5.36. The predicted octanol–water partition coefficient (Wildman–Crippen LogP) is 1.09. The minimum absolute atomic E-state index is 0.0884. The molecule has 82 valence electrons. The molecule has 5 heteroatoms. The van der Waals surface area contributed by atoms with Crippen LogP contribution in [0.2, 0.25) is 0 Å². The molecule has 1 aliphatic heterocycles. The summed E-state index contributed by atoms with van der Waals surface area (Å²) >= 11 is 0. The SMILES string of the molecule is O=P(O)(O)c1ccc(N2CCCC2)cc1. The third-order valence-corrected chi connectivity index (χ3v) is 3.63. The number of nitrogens with zero attached hydrogens (tertiary/aromatic N) is 1. The second kappa shape index (κ2) is 3.97. The van der Waals surface area contributed by atoms with Crippen LogP contribution >= 0.6 is 7.60 Å². The topological polar surface area (TPSA) is 60.8 Å². The van der Waals surface area contributed by atoms with E-state index in [2.05, 4.69) is 4.90 Å². The smallest absolute Gasteiger partial charge is 0.356 e. The number of hydrogen-bond donors (Lipinski definition) is 2. The second-order valence-electron chi connectivity index (χ2n) is 3.75. The summed E-state index contributed by atoms with van der Waals surface area (Å²) in [5.41, 5.74) is 1.05. The summed E-state index contributed by atoms with van der Waals surface area (Å²) in [6.07, 6.45) is 2.39. The third-order valence-electron chi connectivity index (χ3n) is 2.66. The van der Waals surface area contributed by atoms with Gasteiger partial charge in [-0.1, -0.05) is 0 Å². The van der Waals surface area contributed by atoms with Crippen molar-refractivity contribution in [2.75, 3.05) is 18.0 Å². The lowest BCUT2D eigenvalue weighted by atomic mass is 10.3. The highest BCUT2D eigenvalue weighted by atomic mass is 31.2. The number of benzene rings is 1. The molecule has 0 aromatic heterocycles. The summed E-state index contributed by atoms with van der Waals surface area (Å²) in [5, 5.41) is 0.0884. The van der Waals surface area contributed by atoms with Gasteiger partial charge in [-0.3, -0.25) is 4.57 Å². The average Bonchev–Trinajstić information content (AvgIpc) is 2.69. The first-order valence-electron chi connectivity index (χ1n) is 4.98. The van der Waals surface area contributed by atoms with Crippen LogP contribution in [0.4, 0.5) is 5.69 Å². The highest BCUT2D eigenvalue weighted by Crippen LogP contribution is 2.33. The Morgan fingerprint density at radius 3 is 2.07 bits per heavy atom. The van der Waals surface area contributed by atoms with Crippen LogP contribution in [0.1, 0.15) is 12.8 Å². The Labute approximate surface area is 88.7 Å². The van der Waals surface area contributed by atoms with Crippen LogP contribution in [-0.2, 0) is 4.57 Å². The summed E-state index contributed by atoms with van der Waals surface area (Å²) in [7, 11) is -4.09. The Hall–Kier alpha value is -0.830. The van der Waals surface area contributed by atoms with E-state index >= 15 is 0 Å². The monoisotopic (exact) mass is 227 g/mol. The van der Waals surface area contributed by atoms with Crippen molar-refractivity contribution in [1.29, 1.82) is 0 Å². The molecule has 1 heterocycles. The van der Waals surface area contributed by atoms with Crippen molar-refractivity contribution in [1.82, 2.24) is 0 Å². The van der Waals surface area contributed by atoms with E-state index in [1.165, 1.54) is 25.0 Å². The van der Waals surface area contributed by atoms with Crippen LogP contribution in [0.15, 0.2) is 24.3 Å². The van der Waals surface area contributed by atoms with Gasteiger partial charge in [-0.05, 0) is 37.1 Å². The van der Waals surface area contributed by atoms with Crippen LogP contribution in [0.5, 0.6) is 0 Å². The molecule has 1 aromatic rings. The van der Waals surface area contributed by atoms with Gasteiger partial charge in [0.25, 0.3) is 0 Å². The van der Waals surface area contributed by atoms with Gasteiger partial charge in [0, 0.05) is 18.8 Å². The van der Waals surface area contributed by atoms with Crippen LogP contribution in [-0.4, -0.2) is 22.9 Å². The van der Waals surface area contributed by atoms with E-state index in [4.69, 9.17) is 9.79 Å². The van der Waals surface area contributed by atoms with E-state index in [1.807, 2.05) is 0 Å². The number of rotatable bonds is 2. The first-order chi connectivity index (χ1) is 7.07. The van der Waals surface area contributed by atoms with Gasteiger partial charge in [0.2, 0.25) is 0 Å². The van der Waals surface area contributed by atoms with Crippen LogP contribution in [0.3, 0.4) is 0 Å². The van der Waals surface area contributed by atoms with Gasteiger partial charge in [-0.2, -0.15) is 0 Å². The molecule has 0 spiro atoms. The molecule has 2 rings (SSSR count). The Bertz CT molecular complexity index is 378. The fraction of sp³-hybridized carbons (Fsp3) is 0.400. The highest BCUT2D eigenvalue weighted by Gasteiger charge is 2.18. The quantitative estimate of drug-likeness (QED) is 0.742. The molecule has 0 radical (unpaired) electrons. The zero-order chi connectivity index (χ0) is 10.9. The Morgan fingerprint density at radius 1 is 1.07 bits per heavy atom. The lowest BCUT2D eigenvalue weighted by Crippen LogP contribution is -2.18. The minimum atomic E-state index is -4.09. The van der Waals surface area contributed by atoms with E-state index in [9.17, 15) is 4.57 Å². The van der Waals surface area contributed by atoms with Crippen molar-refractivity contribution in [2.45, 2.75) is 12.8 Å². The van der Waals surface area contributed by atoms with Gasteiger partial charge < -0.3 is 14.7 Å². The molecule has 2 N–H and O–H groups in total. The average molecular weight is 227 g/mol. The normalized spacial score (nSPS) is 17.1. The maximum absolute atomic E-state index is 10.9. The highest BCUT2D eigenvalue weighted by molar-refractivity contribution is 7.60. The summed E-state index contributed by atoms with van der Waals surface area (Å²) in [6, 6.07) is 6.57. The van der Waals surface area contributed by atoms with E-state index in [1.54, 1.807) is 12.1 Å². The van der Waals surface area contributed by atoms with Crippen molar-refractivity contribution in [2.24, 2.45) is 0 Å². The Morgan fingerprint density at radius 2 is 1.60 bits per heavy atom. The molecule has 0 unspecified atom stereocenters.